The summed E-state index contributed by atoms with van der Waals surface area (Å²) < 4.78 is 6.66. The van der Waals surface area contributed by atoms with Crippen LogP contribution >= 0.6 is 0 Å². The summed E-state index contributed by atoms with van der Waals surface area (Å²) in [5, 5.41) is 0. The third-order valence-electron chi connectivity index (χ3n) is 14.4. The zero-order chi connectivity index (χ0) is 46.0. The lowest BCUT2D eigenvalue weighted by atomic mass is 9.67. The average molecular weight is 864 g/mol. The maximum atomic E-state index is 6.66. The summed E-state index contributed by atoms with van der Waals surface area (Å²) in [7, 11) is 0. The van der Waals surface area contributed by atoms with Crippen molar-refractivity contribution in [3.05, 3.63) is 233 Å². The van der Waals surface area contributed by atoms with Crippen LogP contribution in [0.1, 0.15) is 106 Å². The minimum atomic E-state index is -0.591. The van der Waals surface area contributed by atoms with E-state index in [0.717, 1.165) is 34.5 Å². The van der Waals surface area contributed by atoms with Gasteiger partial charge in [0, 0.05) is 17.1 Å². The van der Waals surface area contributed by atoms with Gasteiger partial charge in [0.15, 0.2) is 0 Å². The van der Waals surface area contributed by atoms with E-state index in [2.05, 4.69) is 254 Å². The molecule has 0 aromatic heterocycles. The number of hydrogen-bond acceptors (Lipinski definition) is 2. The molecule has 0 fully saturated rings. The zero-order valence-corrected chi connectivity index (χ0v) is 40.2. The molecule has 9 rings (SSSR count). The van der Waals surface area contributed by atoms with Crippen LogP contribution in [-0.4, -0.2) is 0 Å². The van der Waals surface area contributed by atoms with Crippen LogP contribution in [0.2, 0.25) is 0 Å². The minimum Gasteiger partial charge on any atom is -0.457 e. The summed E-state index contributed by atoms with van der Waals surface area (Å²) in [6, 6.07) is 71.4. The highest BCUT2D eigenvalue weighted by Crippen LogP contribution is 2.58. The van der Waals surface area contributed by atoms with Crippen LogP contribution in [0.25, 0.3) is 22.3 Å². The number of anilines is 3. The highest BCUT2D eigenvalue weighted by Gasteiger charge is 2.46. The molecular formula is C64H65NO. The van der Waals surface area contributed by atoms with Gasteiger partial charge in [-0.25, -0.2) is 0 Å². The number of benzene rings is 8. The molecule has 0 radical (unpaired) electrons. The molecule has 4 atom stereocenters. The number of ether oxygens (including phenoxy) is 1. The summed E-state index contributed by atoms with van der Waals surface area (Å²) in [6.07, 6.45) is 3.72. The van der Waals surface area contributed by atoms with Gasteiger partial charge < -0.3 is 9.64 Å². The van der Waals surface area contributed by atoms with Crippen LogP contribution < -0.4 is 9.64 Å². The first kappa shape index (κ1) is 44.6. The Kier molecular flexibility index (Phi) is 12.6. The maximum absolute atomic E-state index is 6.66. The van der Waals surface area contributed by atoms with Crippen LogP contribution in [0.3, 0.4) is 0 Å². The summed E-state index contributed by atoms with van der Waals surface area (Å²) in [5.74, 6) is 3.54. The van der Waals surface area contributed by atoms with E-state index in [-0.39, 0.29) is 5.41 Å². The summed E-state index contributed by atoms with van der Waals surface area (Å²) in [5.41, 5.74) is 16.7. The van der Waals surface area contributed by atoms with E-state index in [1.54, 1.807) is 0 Å². The fourth-order valence-corrected chi connectivity index (χ4v) is 10.9. The molecule has 0 saturated carbocycles. The van der Waals surface area contributed by atoms with Crippen molar-refractivity contribution in [3.8, 4) is 33.8 Å². The van der Waals surface area contributed by atoms with E-state index in [1.807, 2.05) is 0 Å². The van der Waals surface area contributed by atoms with Crippen LogP contribution in [0, 0.1) is 31.1 Å². The third kappa shape index (κ3) is 8.74. The van der Waals surface area contributed by atoms with Crippen LogP contribution in [0.4, 0.5) is 17.1 Å². The summed E-state index contributed by atoms with van der Waals surface area (Å²) in [6.45, 7) is 18.8. The minimum absolute atomic E-state index is 0.163. The molecule has 8 aromatic carbocycles. The number of hydrogen-bond donors (Lipinski definition) is 0. The highest BCUT2D eigenvalue weighted by atomic mass is 16.5. The molecule has 332 valence electrons. The number of rotatable bonds is 14. The molecule has 0 heterocycles. The lowest BCUT2D eigenvalue weighted by Crippen LogP contribution is -2.29. The predicted octanol–water partition coefficient (Wildman–Crippen LogP) is 18.2. The second-order valence-corrected chi connectivity index (χ2v) is 20.1. The Labute approximate surface area is 395 Å². The molecule has 1 aliphatic rings. The Morgan fingerprint density at radius 1 is 0.500 bits per heavy atom. The lowest BCUT2D eigenvalue weighted by molar-refractivity contribution is 0.235. The van der Waals surface area contributed by atoms with Crippen LogP contribution in [0.15, 0.2) is 194 Å². The van der Waals surface area contributed by atoms with Crippen molar-refractivity contribution < 1.29 is 4.74 Å². The van der Waals surface area contributed by atoms with E-state index in [1.165, 1.54) is 80.5 Å². The fraction of sp³-hybridized carbons (Fsp3) is 0.250. The Balaban J connectivity index is 1.12. The van der Waals surface area contributed by atoms with Crippen LogP contribution in [-0.2, 0) is 5.41 Å². The first-order valence-electron chi connectivity index (χ1n) is 24.2. The molecule has 8 aromatic rings. The molecule has 1 aliphatic carbocycles. The normalized spacial score (nSPS) is 15.6. The van der Waals surface area contributed by atoms with Crippen molar-refractivity contribution in [2.75, 3.05) is 4.90 Å². The van der Waals surface area contributed by atoms with Crippen molar-refractivity contribution in [1.29, 1.82) is 0 Å². The van der Waals surface area contributed by atoms with Gasteiger partial charge in [-0.1, -0.05) is 199 Å². The molecule has 2 nitrogen and oxygen atoms in total. The topological polar surface area (TPSA) is 12.5 Å². The van der Waals surface area contributed by atoms with Crippen molar-refractivity contribution in [2.45, 2.75) is 86.0 Å². The van der Waals surface area contributed by atoms with Gasteiger partial charge >= 0.3 is 0 Å². The lowest BCUT2D eigenvalue weighted by Gasteiger charge is -2.35. The molecule has 4 unspecified atom stereocenters. The van der Waals surface area contributed by atoms with Crippen molar-refractivity contribution in [2.24, 2.45) is 17.3 Å². The average Bonchev–Trinajstić information content (AvgIpc) is 3.62. The van der Waals surface area contributed by atoms with Gasteiger partial charge in [-0.3, -0.25) is 0 Å². The second-order valence-electron chi connectivity index (χ2n) is 20.1. The molecule has 0 aliphatic heterocycles. The van der Waals surface area contributed by atoms with Crippen molar-refractivity contribution in [1.82, 2.24) is 0 Å². The Bertz CT molecular complexity index is 2870. The van der Waals surface area contributed by atoms with Gasteiger partial charge in [0.1, 0.15) is 11.5 Å². The molecule has 2 heteroatoms. The third-order valence-corrected chi connectivity index (χ3v) is 14.4. The van der Waals surface area contributed by atoms with Gasteiger partial charge in [0.25, 0.3) is 0 Å². The number of nitrogens with zero attached hydrogens (tertiary/aromatic N) is 1. The van der Waals surface area contributed by atoms with E-state index >= 15 is 0 Å². The molecule has 0 amide bonds. The molecule has 0 bridgehead atoms. The van der Waals surface area contributed by atoms with Gasteiger partial charge in [0.05, 0.1) is 5.41 Å². The molecular weight excluding hydrogens is 799 g/mol. The smallest absolute Gasteiger partial charge is 0.127 e. The zero-order valence-electron chi connectivity index (χ0n) is 40.2. The monoisotopic (exact) mass is 864 g/mol. The standard InChI is InChI=1S/C64H65NO/c1-9-18-46(4)47(5)42-61(63(6,7)8)50-27-34-56(35-28-50)66-57-36-29-51(30-37-57)64(52-40-44(2)39-45(3)41-52)60-24-17-16-23-58(60)59-38-33-55(43-62(59)64)65(53-21-14-11-15-22-53)54-31-25-49(26-32-54)48-19-12-10-13-20-48/h10-17,19-41,43,46-47,61H,9,18,42H2,1-8H3. The summed E-state index contributed by atoms with van der Waals surface area (Å²) in [4.78, 5) is 2.39. The Hall–Kier alpha value is -6.64. The first-order chi connectivity index (χ1) is 31.9. The predicted molar refractivity (Wildman–Crippen MR) is 280 cm³/mol. The molecule has 0 saturated heterocycles. The first-order valence-corrected chi connectivity index (χ1v) is 24.2. The maximum Gasteiger partial charge on any atom is 0.127 e. The Morgan fingerprint density at radius 3 is 1.68 bits per heavy atom. The van der Waals surface area contributed by atoms with E-state index in [0.29, 0.717) is 11.8 Å². The van der Waals surface area contributed by atoms with Crippen molar-refractivity contribution in [3.63, 3.8) is 0 Å². The quantitative estimate of drug-likeness (QED) is 0.108. The molecule has 0 spiro atoms. The number of aryl methyl sites for hydroxylation is 2. The number of para-hydroxylation sites is 1. The second kappa shape index (κ2) is 18.7. The van der Waals surface area contributed by atoms with Gasteiger partial charge in [0.2, 0.25) is 0 Å². The van der Waals surface area contributed by atoms with E-state index < -0.39 is 5.41 Å². The molecule has 0 N–H and O–H groups in total. The Morgan fingerprint density at radius 2 is 1.05 bits per heavy atom. The van der Waals surface area contributed by atoms with Gasteiger partial charge in [-0.2, -0.15) is 0 Å². The number of fused-ring (bicyclic) bond motifs is 3. The summed E-state index contributed by atoms with van der Waals surface area (Å²) >= 11 is 0. The van der Waals surface area contributed by atoms with Gasteiger partial charge in [-0.05, 0) is 154 Å². The largest absolute Gasteiger partial charge is 0.457 e. The molecule has 66 heavy (non-hydrogen) atoms. The van der Waals surface area contributed by atoms with E-state index in [4.69, 9.17) is 4.74 Å². The van der Waals surface area contributed by atoms with Crippen molar-refractivity contribution >= 4 is 17.1 Å². The van der Waals surface area contributed by atoms with E-state index in [9.17, 15) is 0 Å². The fourth-order valence-electron chi connectivity index (χ4n) is 10.9. The highest BCUT2D eigenvalue weighted by molar-refractivity contribution is 5.90. The van der Waals surface area contributed by atoms with Crippen LogP contribution in [0.5, 0.6) is 11.5 Å². The van der Waals surface area contributed by atoms with Gasteiger partial charge in [-0.15, -0.1) is 0 Å². The SMILES string of the molecule is CCCC(C)C(C)CC(c1ccc(Oc2ccc(C3(c4cc(C)cc(C)c4)c4ccccc4-c4ccc(N(c5ccccc5)c5ccc(-c6ccccc6)cc5)cc43)cc2)cc1)C(C)(C)C.